The molecule has 0 aliphatic carbocycles. The number of hydrogen-bond acceptors (Lipinski definition) is 5. The number of nitrogen functional groups attached to an aromatic ring is 1. The molecule has 19 heavy (non-hydrogen) atoms. The summed E-state index contributed by atoms with van der Waals surface area (Å²) in [7, 11) is 0. The lowest BCUT2D eigenvalue weighted by molar-refractivity contribution is -0.144. The van der Waals surface area contributed by atoms with Gasteiger partial charge in [-0.15, -0.1) is 0 Å². The maximum atomic E-state index is 12.7. The van der Waals surface area contributed by atoms with Crippen LogP contribution >= 0.6 is 0 Å². The Morgan fingerprint density at radius 3 is 2.74 bits per heavy atom. The zero-order valence-corrected chi connectivity index (χ0v) is 10.5. The lowest BCUT2D eigenvalue weighted by atomic mass is 10.1. The van der Waals surface area contributed by atoms with Crippen LogP contribution < -0.4 is 16.2 Å². The summed E-state index contributed by atoms with van der Waals surface area (Å²) < 4.78 is 38.1. The van der Waals surface area contributed by atoms with E-state index in [1.807, 2.05) is 4.90 Å². The summed E-state index contributed by atoms with van der Waals surface area (Å²) in [4.78, 5) is 8.77. The molecule has 8 heteroatoms. The quantitative estimate of drug-likeness (QED) is 0.652. The molecule has 2 rings (SSSR count). The molecular formula is C11H16F3N5. The first-order valence-electron chi connectivity index (χ1n) is 6.12. The van der Waals surface area contributed by atoms with Crippen LogP contribution in [0.5, 0.6) is 0 Å². The highest BCUT2D eigenvalue weighted by Crippen LogP contribution is 2.31. The molecule has 1 fully saturated rings. The third-order valence-corrected chi connectivity index (χ3v) is 3.30. The summed E-state index contributed by atoms with van der Waals surface area (Å²) >= 11 is 0. The summed E-state index contributed by atoms with van der Waals surface area (Å²) in [6.45, 7) is 3.49. The van der Waals surface area contributed by atoms with Crippen molar-refractivity contribution in [3.63, 3.8) is 0 Å². The van der Waals surface area contributed by atoms with Gasteiger partial charge >= 0.3 is 6.18 Å². The number of halogens is 3. The van der Waals surface area contributed by atoms with E-state index < -0.39 is 12.0 Å². The summed E-state index contributed by atoms with van der Waals surface area (Å²) in [5, 5.41) is 0. The minimum atomic E-state index is -4.58. The molecule has 1 saturated heterocycles. The molecule has 0 radical (unpaired) electrons. The lowest BCUT2D eigenvalue weighted by Gasteiger charge is -2.19. The number of aromatic nitrogens is 2. The molecule has 1 aromatic rings. The predicted molar refractivity (Wildman–Crippen MR) is 65.5 cm³/mol. The fourth-order valence-corrected chi connectivity index (χ4v) is 2.17. The van der Waals surface area contributed by atoms with E-state index in [1.54, 1.807) is 0 Å². The van der Waals surface area contributed by atoms with E-state index in [0.717, 1.165) is 19.4 Å². The Balaban J connectivity index is 2.30. The lowest BCUT2D eigenvalue weighted by Crippen LogP contribution is -2.24. The van der Waals surface area contributed by atoms with Crippen LogP contribution in [0.25, 0.3) is 0 Å². The van der Waals surface area contributed by atoms with E-state index in [4.69, 9.17) is 5.84 Å². The van der Waals surface area contributed by atoms with Crippen molar-refractivity contribution in [3.05, 3.63) is 11.9 Å². The van der Waals surface area contributed by atoms with Crippen molar-refractivity contribution in [1.29, 1.82) is 0 Å². The normalized spacial score (nSPS) is 19.8. The molecular weight excluding hydrogens is 259 g/mol. The highest BCUT2D eigenvalue weighted by molar-refractivity contribution is 5.49. The number of nitrogens with one attached hydrogen (secondary N) is 1. The van der Waals surface area contributed by atoms with Crippen molar-refractivity contribution < 1.29 is 13.2 Å². The van der Waals surface area contributed by atoms with Gasteiger partial charge < -0.3 is 10.3 Å². The van der Waals surface area contributed by atoms with Gasteiger partial charge in [0.25, 0.3) is 0 Å². The number of rotatable bonds is 3. The highest BCUT2D eigenvalue weighted by atomic mass is 19.4. The Labute approximate surface area is 109 Å². The van der Waals surface area contributed by atoms with Gasteiger partial charge in [0.15, 0.2) is 0 Å². The zero-order valence-electron chi connectivity index (χ0n) is 10.5. The molecule has 0 bridgehead atoms. The number of nitrogens with two attached hydrogens (primary N) is 1. The van der Waals surface area contributed by atoms with Gasteiger partial charge in [-0.1, -0.05) is 13.3 Å². The van der Waals surface area contributed by atoms with Crippen LogP contribution in [-0.4, -0.2) is 23.1 Å². The molecule has 2 heterocycles. The third kappa shape index (κ3) is 3.06. The number of hydrogen-bond donors (Lipinski definition) is 2. The Bertz CT molecular complexity index is 448. The second kappa shape index (κ2) is 5.20. The molecule has 1 aromatic heterocycles. The van der Waals surface area contributed by atoms with Crippen molar-refractivity contribution in [3.8, 4) is 0 Å². The van der Waals surface area contributed by atoms with Gasteiger partial charge in [-0.05, 0) is 12.3 Å². The number of alkyl halides is 3. The van der Waals surface area contributed by atoms with Crippen LogP contribution in [0.3, 0.4) is 0 Å². The van der Waals surface area contributed by atoms with Crippen LogP contribution in [0.1, 0.15) is 25.6 Å². The average molecular weight is 275 g/mol. The summed E-state index contributed by atoms with van der Waals surface area (Å²) in [6.07, 6.45) is -2.60. The second-order valence-electron chi connectivity index (χ2n) is 4.59. The van der Waals surface area contributed by atoms with Gasteiger partial charge in [0, 0.05) is 19.2 Å². The Kier molecular flexibility index (Phi) is 3.79. The van der Waals surface area contributed by atoms with E-state index >= 15 is 0 Å². The number of hydrazine groups is 1. The molecule has 0 aromatic carbocycles. The standard InChI is InChI=1S/C11H16F3N5/c1-2-7-3-4-19(6-7)9-5-8(18-15)16-10(17-9)11(12,13)14/h5,7H,2-4,6,15H2,1H3,(H,16,17,18). The van der Waals surface area contributed by atoms with Gasteiger partial charge in [-0.25, -0.2) is 15.8 Å². The molecule has 0 amide bonds. The van der Waals surface area contributed by atoms with Crippen LogP contribution in [0, 0.1) is 5.92 Å². The second-order valence-corrected chi connectivity index (χ2v) is 4.59. The van der Waals surface area contributed by atoms with Gasteiger partial charge in [-0.2, -0.15) is 13.2 Å². The first kappa shape index (κ1) is 13.9. The summed E-state index contributed by atoms with van der Waals surface area (Å²) in [5.74, 6) is 4.73. The van der Waals surface area contributed by atoms with Gasteiger partial charge in [-0.3, -0.25) is 0 Å². The molecule has 1 aliphatic rings. The van der Waals surface area contributed by atoms with Gasteiger partial charge in [0.05, 0.1) is 0 Å². The van der Waals surface area contributed by atoms with Gasteiger partial charge in [0.1, 0.15) is 11.6 Å². The Hall–Kier alpha value is -1.57. The van der Waals surface area contributed by atoms with Gasteiger partial charge in [0.2, 0.25) is 5.82 Å². The monoisotopic (exact) mass is 275 g/mol. The molecule has 1 atom stereocenters. The van der Waals surface area contributed by atoms with Crippen LogP contribution in [0.2, 0.25) is 0 Å². The third-order valence-electron chi connectivity index (χ3n) is 3.30. The fourth-order valence-electron chi connectivity index (χ4n) is 2.17. The molecule has 5 nitrogen and oxygen atoms in total. The van der Waals surface area contributed by atoms with Crippen LogP contribution in [0.4, 0.5) is 24.8 Å². The van der Waals surface area contributed by atoms with Crippen LogP contribution in [0.15, 0.2) is 6.07 Å². The van der Waals surface area contributed by atoms with E-state index in [0.29, 0.717) is 12.5 Å². The molecule has 0 saturated carbocycles. The topological polar surface area (TPSA) is 67.1 Å². The molecule has 106 valence electrons. The van der Waals surface area contributed by atoms with Crippen molar-refractivity contribution in [2.24, 2.45) is 11.8 Å². The van der Waals surface area contributed by atoms with E-state index in [2.05, 4.69) is 22.3 Å². The fraction of sp³-hybridized carbons (Fsp3) is 0.636. The van der Waals surface area contributed by atoms with Crippen molar-refractivity contribution >= 4 is 11.6 Å². The zero-order chi connectivity index (χ0) is 14.0. The minimum absolute atomic E-state index is 0.0303. The molecule has 3 N–H and O–H groups in total. The number of anilines is 2. The smallest absolute Gasteiger partial charge is 0.356 e. The van der Waals surface area contributed by atoms with Crippen molar-refractivity contribution in [1.82, 2.24) is 9.97 Å². The summed E-state index contributed by atoms with van der Waals surface area (Å²) in [5.41, 5.74) is 2.15. The average Bonchev–Trinajstić information content (AvgIpc) is 2.86. The van der Waals surface area contributed by atoms with E-state index in [1.165, 1.54) is 6.07 Å². The summed E-state index contributed by atoms with van der Waals surface area (Å²) in [6, 6.07) is 1.44. The van der Waals surface area contributed by atoms with Crippen LogP contribution in [-0.2, 0) is 6.18 Å². The van der Waals surface area contributed by atoms with Crippen molar-refractivity contribution in [2.45, 2.75) is 25.9 Å². The van der Waals surface area contributed by atoms with Crippen molar-refractivity contribution in [2.75, 3.05) is 23.4 Å². The SMILES string of the molecule is CCC1CCN(c2cc(NN)nc(C(F)(F)F)n2)C1. The first-order valence-corrected chi connectivity index (χ1v) is 6.12. The molecule has 0 spiro atoms. The number of nitrogens with zero attached hydrogens (tertiary/aromatic N) is 3. The Morgan fingerprint density at radius 1 is 1.47 bits per heavy atom. The predicted octanol–water partition coefficient (Wildman–Crippen LogP) is 2.02. The molecule has 1 unspecified atom stereocenters. The minimum Gasteiger partial charge on any atom is -0.356 e. The van der Waals surface area contributed by atoms with E-state index in [9.17, 15) is 13.2 Å². The Morgan fingerprint density at radius 2 is 2.21 bits per heavy atom. The largest absolute Gasteiger partial charge is 0.451 e. The first-order chi connectivity index (χ1) is 8.94. The van der Waals surface area contributed by atoms with E-state index in [-0.39, 0.29) is 11.6 Å². The molecule has 1 aliphatic heterocycles. The maximum Gasteiger partial charge on any atom is 0.451 e. The maximum absolute atomic E-state index is 12.7. The highest BCUT2D eigenvalue weighted by Gasteiger charge is 2.36.